The normalized spacial score (nSPS) is 19.0. The third-order valence-electron chi connectivity index (χ3n) is 5.52. The minimum Gasteiger partial charge on any atom is -0.341 e. The highest BCUT2D eigenvalue weighted by molar-refractivity contribution is 5.94. The Kier molecular flexibility index (Phi) is 3.82. The van der Waals surface area contributed by atoms with Gasteiger partial charge in [0.1, 0.15) is 23.2 Å². The molecule has 2 aliphatic rings. The predicted molar refractivity (Wildman–Crippen MR) is 100 cm³/mol. The molecule has 2 aromatic heterocycles. The molecule has 1 saturated carbocycles. The van der Waals surface area contributed by atoms with Gasteiger partial charge in [-0.15, -0.1) is 0 Å². The maximum absolute atomic E-state index is 13.2. The standard InChI is InChI=1S/C20H21FN6O/c1-11-16(23-17(22-11)13-5-7-15(21)8-6-13)20(28)26-9-10-27-19(12(26)2)24-18(25-27)14-3-4-14/h5-8,12,14H,3-4,9-10H2,1-2H3,(H,22,23)/t12-/m1/s1. The SMILES string of the molecule is Cc1[nH]c(-c2ccc(F)cc2)nc1C(=O)N1CCn2nc(C3CC3)nc2[C@H]1C. The van der Waals surface area contributed by atoms with Gasteiger partial charge in [-0.3, -0.25) is 4.79 Å². The molecule has 1 fully saturated rings. The molecule has 1 amide bonds. The quantitative estimate of drug-likeness (QED) is 0.757. The Morgan fingerprint density at radius 2 is 1.93 bits per heavy atom. The van der Waals surface area contributed by atoms with Crippen molar-refractivity contribution in [2.45, 2.75) is 45.2 Å². The maximum atomic E-state index is 13.2. The van der Waals surface area contributed by atoms with Crippen molar-refractivity contribution in [3.05, 3.63) is 53.1 Å². The number of aromatic amines is 1. The number of halogens is 1. The minimum absolute atomic E-state index is 0.128. The molecule has 1 aliphatic carbocycles. The number of aromatic nitrogens is 5. The first kappa shape index (κ1) is 17.1. The van der Waals surface area contributed by atoms with E-state index in [-0.39, 0.29) is 17.8 Å². The number of aryl methyl sites for hydroxylation is 1. The van der Waals surface area contributed by atoms with Crippen molar-refractivity contribution in [1.82, 2.24) is 29.6 Å². The lowest BCUT2D eigenvalue weighted by Gasteiger charge is -2.32. The van der Waals surface area contributed by atoms with Crippen LogP contribution >= 0.6 is 0 Å². The van der Waals surface area contributed by atoms with Crippen molar-refractivity contribution in [3.63, 3.8) is 0 Å². The van der Waals surface area contributed by atoms with Gasteiger partial charge in [-0.1, -0.05) is 0 Å². The summed E-state index contributed by atoms with van der Waals surface area (Å²) < 4.78 is 15.1. The lowest BCUT2D eigenvalue weighted by Crippen LogP contribution is -2.41. The van der Waals surface area contributed by atoms with E-state index >= 15 is 0 Å². The number of amides is 1. The summed E-state index contributed by atoms with van der Waals surface area (Å²) >= 11 is 0. The van der Waals surface area contributed by atoms with Gasteiger partial charge in [0.2, 0.25) is 0 Å². The fourth-order valence-corrected chi connectivity index (χ4v) is 3.72. The number of nitrogens with one attached hydrogen (secondary N) is 1. The van der Waals surface area contributed by atoms with E-state index in [1.165, 1.54) is 12.1 Å². The number of hydrogen-bond donors (Lipinski definition) is 1. The summed E-state index contributed by atoms with van der Waals surface area (Å²) in [5.41, 5.74) is 1.83. The zero-order chi connectivity index (χ0) is 19.4. The van der Waals surface area contributed by atoms with Crippen LogP contribution in [0.4, 0.5) is 4.39 Å². The second-order valence-corrected chi connectivity index (χ2v) is 7.57. The summed E-state index contributed by atoms with van der Waals surface area (Å²) in [7, 11) is 0. The summed E-state index contributed by atoms with van der Waals surface area (Å²) in [5.74, 6) is 2.36. The molecule has 0 bridgehead atoms. The molecule has 28 heavy (non-hydrogen) atoms. The van der Waals surface area contributed by atoms with Crippen molar-refractivity contribution in [1.29, 1.82) is 0 Å². The van der Waals surface area contributed by atoms with Gasteiger partial charge in [-0.25, -0.2) is 19.0 Å². The van der Waals surface area contributed by atoms with Gasteiger partial charge in [-0.2, -0.15) is 5.10 Å². The number of carbonyl (C=O) groups excluding carboxylic acids is 1. The highest BCUT2D eigenvalue weighted by Gasteiger charge is 2.35. The van der Waals surface area contributed by atoms with E-state index < -0.39 is 0 Å². The van der Waals surface area contributed by atoms with Gasteiger partial charge in [0.25, 0.3) is 5.91 Å². The van der Waals surface area contributed by atoms with Crippen LogP contribution in [0, 0.1) is 12.7 Å². The third-order valence-corrected chi connectivity index (χ3v) is 5.52. The van der Waals surface area contributed by atoms with Crippen LogP contribution in [-0.2, 0) is 6.54 Å². The van der Waals surface area contributed by atoms with Crippen molar-refractivity contribution >= 4 is 5.91 Å². The summed E-state index contributed by atoms with van der Waals surface area (Å²) in [4.78, 5) is 27.4. The molecule has 0 unspecified atom stereocenters. The number of benzene rings is 1. The molecule has 1 aromatic carbocycles. The van der Waals surface area contributed by atoms with Gasteiger partial charge >= 0.3 is 0 Å². The summed E-state index contributed by atoms with van der Waals surface area (Å²) in [6.45, 7) is 5.02. The van der Waals surface area contributed by atoms with E-state index in [0.29, 0.717) is 36.2 Å². The number of hydrogen-bond acceptors (Lipinski definition) is 4. The third kappa shape index (κ3) is 2.80. The highest BCUT2D eigenvalue weighted by atomic mass is 19.1. The molecule has 144 valence electrons. The van der Waals surface area contributed by atoms with Crippen molar-refractivity contribution in [3.8, 4) is 11.4 Å². The van der Waals surface area contributed by atoms with Crippen LogP contribution in [0.25, 0.3) is 11.4 Å². The first-order valence-corrected chi connectivity index (χ1v) is 9.59. The fraction of sp³-hybridized carbons (Fsp3) is 0.400. The molecule has 3 heterocycles. The topological polar surface area (TPSA) is 79.7 Å². The number of nitrogens with zero attached hydrogens (tertiary/aromatic N) is 5. The van der Waals surface area contributed by atoms with Crippen LogP contribution in [0.15, 0.2) is 24.3 Å². The zero-order valence-electron chi connectivity index (χ0n) is 15.8. The molecule has 3 aromatic rings. The minimum atomic E-state index is -0.305. The predicted octanol–water partition coefficient (Wildman–Crippen LogP) is 3.21. The van der Waals surface area contributed by atoms with Gasteiger partial charge in [0.15, 0.2) is 5.82 Å². The Morgan fingerprint density at radius 1 is 1.18 bits per heavy atom. The van der Waals surface area contributed by atoms with E-state index in [1.54, 1.807) is 17.0 Å². The lowest BCUT2D eigenvalue weighted by molar-refractivity contribution is 0.0624. The molecule has 5 rings (SSSR count). The summed E-state index contributed by atoms with van der Waals surface area (Å²) in [6, 6.07) is 5.89. The van der Waals surface area contributed by atoms with E-state index in [9.17, 15) is 9.18 Å². The fourth-order valence-electron chi connectivity index (χ4n) is 3.72. The smallest absolute Gasteiger partial charge is 0.275 e. The number of imidazole rings is 1. The number of H-pyrrole nitrogens is 1. The first-order chi connectivity index (χ1) is 13.5. The Bertz CT molecular complexity index is 1050. The summed E-state index contributed by atoms with van der Waals surface area (Å²) in [6.07, 6.45) is 2.30. The molecule has 1 atom stereocenters. The van der Waals surface area contributed by atoms with Crippen LogP contribution in [-0.4, -0.2) is 42.1 Å². The van der Waals surface area contributed by atoms with E-state index in [1.807, 2.05) is 18.5 Å². The van der Waals surface area contributed by atoms with Crippen LogP contribution in [0.3, 0.4) is 0 Å². The molecule has 0 spiro atoms. The highest BCUT2D eigenvalue weighted by Crippen LogP contribution is 2.39. The maximum Gasteiger partial charge on any atom is 0.275 e. The lowest BCUT2D eigenvalue weighted by atomic mass is 10.2. The number of carbonyl (C=O) groups is 1. The average Bonchev–Trinajstić information content (AvgIpc) is 3.32. The van der Waals surface area contributed by atoms with E-state index in [4.69, 9.17) is 4.98 Å². The Morgan fingerprint density at radius 3 is 2.64 bits per heavy atom. The average molecular weight is 380 g/mol. The Balaban J connectivity index is 1.42. The molecular formula is C20H21FN6O. The van der Waals surface area contributed by atoms with Crippen LogP contribution < -0.4 is 0 Å². The number of fused-ring (bicyclic) bond motifs is 1. The number of rotatable bonds is 3. The van der Waals surface area contributed by atoms with Gasteiger partial charge in [-0.05, 0) is 51.0 Å². The van der Waals surface area contributed by atoms with Crippen molar-refractivity contribution in [2.24, 2.45) is 0 Å². The first-order valence-electron chi connectivity index (χ1n) is 9.59. The molecule has 1 aliphatic heterocycles. The molecule has 1 N–H and O–H groups in total. The van der Waals surface area contributed by atoms with Crippen molar-refractivity contribution in [2.75, 3.05) is 6.54 Å². The molecule has 8 heteroatoms. The Labute approximate surface area is 161 Å². The molecule has 0 radical (unpaired) electrons. The van der Waals surface area contributed by atoms with Crippen LogP contribution in [0.2, 0.25) is 0 Å². The van der Waals surface area contributed by atoms with E-state index in [2.05, 4.69) is 15.1 Å². The largest absolute Gasteiger partial charge is 0.341 e. The van der Waals surface area contributed by atoms with Crippen LogP contribution in [0.1, 0.15) is 59.6 Å². The zero-order valence-corrected chi connectivity index (χ0v) is 15.8. The second kappa shape index (κ2) is 6.25. The second-order valence-electron chi connectivity index (χ2n) is 7.57. The molecular weight excluding hydrogens is 359 g/mol. The van der Waals surface area contributed by atoms with Gasteiger partial charge < -0.3 is 9.88 Å². The van der Waals surface area contributed by atoms with E-state index in [0.717, 1.165) is 30.1 Å². The summed E-state index contributed by atoms with van der Waals surface area (Å²) in [5, 5.41) is 4.61. The molecule has 0 saturated heterocycles. The van der Waals surface area contributed by atoms with Crippen LogP contribution in [0.5, 0.6) is 0 Å². The monoisotopic (exact) mass is 380 g/mol. The van der Waals surface area contributed by atoms with Gasteiger partial charge in [0.05, 0.1) is 12.6 Å². The Hall–Kier alpha value is -3.03. The molecule has 7 nitrogen and oxygen atoms in total. The van der Waals surface area contributed by atoms with Crippen molar-refractivity contribution < 1.29 is 9.18 Å². The van der Waals surface area contributed by atoms with Gasteiger partial charge in [0, 0.05) is 23.7 Å².